The summed E-state index contributed by atoms with van der Waals surface area (Å²) in [5, 5.41) is 16.8. The first-order chi connectivity index (χ1) is 15.0. The highest BCUT2D eigenvalue weighted by Crippen LogP contribution is 2.23. The highest BCUT2D eigenvalue weighted by atomic mass is 127. The van der Waals surface area contributed by atoms with Crippen LogP contribution in [-0.2, 0) is 11.2 Å². The van der Waals surface area contributed by atoms with E-state index in [1.807, 2.05) is 29.7 Å². The third-order valence-electron chi connectivity index (χ3n) is 4.43. The largest absolute Gasteiger partial charge is 0.465 e. The molecule has 0 radical (unpaired) electrons. The Hall–Kier alpha value is -2.93. The van der Waals surface area contributed by atoms with Gasteiger partial charge in [-0.05, 0) is 52.8 Å². The number of ether oxygens (including phenoxy) is 1. The molecular weight excluding hydrogens is 515 g/mol. The molecule has 0 aliphatic heterocycles. The normalized spacial score (nSPS) is 10.8. The van der Waals surface area contributed by atoms with Crippen molar-refractivity contribution < 1.29 is 19.4 Å². The number of benzene rings is 1. The van der Waals surface area contributed by atoms with E-state index in [9.17, 15) is 9.59 Å². The molecule has 0 aliphatic rings. The second-order valence-electron chi connectivity index (χ2n) is 6.50. The van der Waals surface area contributed by atoms with Crippen LogP contribution in [0.1, 0.15) is 22.8 Å². The van der Waals surface area contributed by atoms with Crippen molar-refractivity contribution in [3.8, 4) is 0 Å². The van der Waals surface area contributed by atoms with Crippen LogP contribution in [0, 0.1) is 3.70 Å². The molecule has 0 unspecified atom stereocenters. The van der Waals surface area contributed by atoms with E-state index < -0.39 is 6.09 Å². The molecule has 1 aromatic carbocycles. The van der Waals surface area contributed by atoms with Gasteiger partial charge >= 0.3 is 6.09 Å². The van der Waals surface area contributed by atoms with Crippen LogP contribution in [-0.4, -0.2) is 57.8 Å². The third-order valence-corrected chi connectivity index (χ3v) is 5.23. The Morgan fingerprint density at radius 2 is 1.97 bits per heavy atom. The quantitative estimate of drug-likeness (QED) is 0.231. The lowest BCUT2D eigenvalue weighted by Crippen LogP contribution is -2.30. The minimum absolute atomic E-state index is 0.182. The van der Waals surface area contributed by atoms with Crippen LogP contribution < -0.4 is 16.0 Å². The molecule has 0 aliphatic carbocycles. The van der Waals surface area contributed by atoms with E-state index in [4.69, 9.17) is 9.84 Å². The first kappa shape index (κ1) is 22.7. The molecule has 0 bridgehead atoms. The molecule has 2 aromatic heterocycles. The van der Waals surface area contributed by atoms with E-state index in [1.54, 1.807) is 18.5 Å². The average Bonchev–Trinajstić information content (AvgIpc) is 3.14. The van der Waals surface area contributed by atoms with Crippen molar-refractivity contribution in [2.24, 2.45) is 0 Å². The van der Waals surface area contributed by atoms with Gasteiger partial charge in [0.15, 0.2) is 11.5 Å². The molecule has 0 saturated heterocycles. The molecule has 0 fully saturated rings. The summed E-state index contributed by atoms with van der Waals surface area (Å²) in [5.74, 6) is 0.456. The summed E-state index contributed by atoms with van der Waals surface area (Å²) in [6.45, 7) is 3.08. The standard InChI is InChI=1S/C20H23IN6O4/c1-2-13-11-14(26-17-18-25-12-16(21)27(18)8-5-22-17)3-4-15(13)19(28)23-6-9-31-10-7-24-20(29)30/h3-5,8,11-12,24H,2,6-7,9-10H2,1H3,(H,22,26)(H,23,28)(H,29,30). The Morgan fingerprint density at radius 1 is 1.19 bits per heavy atom. The minimum atomic E-state index is -1.09. The van der Waals surface area contributed by atoms with Crippen LogP contribution in [0.15, 0.2) is 36.8 Å². The summed E-state index contributed by atoms with van der Waals surface area (Å²) >= 11 is 2.21. The van der Waals surface area contributed by atoms with Gasteiger partial charge in [0.05, 0.1) is 19.4 Å². The van der Waals surface area contributed by atoms with Crippen LogP contribution >= 0.6 is 22.6 Å². The highest BCUT2D eigenvalue weighted by Gasteiger charge is 2.12. The zero-order valence-corrected chi connectivity index (χ0v) is 19.0. The number of hydrogen-bond donors (Lipinski definition) is 4. The number of fused-ring (bicyclic) bond motifs is 1. The molecule has 3 rings (SSSR count). The van der Waals surface area contributed by atoms with Crippen LogP contribution in [0.3, 0.4) is 0 Å². The number of rotatable bonds is 10. The minimum Gasteiger partial charge on any atom is -0.465 e. The molecule has 0 atom stereocenters. The zero-order chi connectivity index (χ0) is 22.2. The van der Waals surface area contributed by atoms with Gasteiger partial charge in [0, 0.05) is 36.7 Å². The number of carbonyl (C=O) groups excluding carboxylic acids is 1. The second kappa shape index (κ2) is 10.9. The summed E-state index contributed by atoms with van der Waals surface area (Å²) in [5.41, 5.74) is 3.05. The lowest BCUT2D eigenvalue weighted by Gasteiger charge is -2.13. The number of nitrogens with zero attached hydrogens (tertiary/aromatic N) is 3. The summed E-state index contributed by atoms with van der Waals surface area (Å²) in [6.07, 6.45) is 4.94. The van der Waals surface area contributed by atoms with E-state index >= 15 is 0 Å². The van der Waals surface area contributed by atoms with Crippen LogP contribution in [0.4, 0.5) is 16.3 Å². The lowest BCUT2D eigenvalue weighted by atomic mass is 10.0. The number of amides is 2. The van der Waals surface area contributed by atoms with E-state index in [0.29, 0.717) is 31.0 Å². The Kier molecular flexibility index (Phi) is 8.00. The SMILES string of the molecule is CCc1cc(Nc2nccn3c(I)cnc23)ccc1C(=O)NCCOCCNC(=O)O. The maximum atomic E-state index is 12.5. The van der Waals surface area contributed by atoms with Crippen molar-refractivity contribution in [3.05, 3.63) is 51.6 Å². The molecule has 3 aromatic rings. The Bertz CT molecular complexity index is 1070. The Balaban J connectivity index is 1.59. The van der Waals surface area contributed by atoms with Gasteiger partial charge in [-0.15, -0.1) is 0 Å². The molecular formula is C20H23IN6O4. The van der Waals surface area contributed by atoms with Gasteiger partial charge in [0.1, 0.15) is 3.70 Å². The van der Waals surface area contributed by atoms with Gasteiger partial charge in [-0.3, -0.25) is 9.20 Å². The number of nitrogens with one attached hydrogen (secondary N) is 3. The molecule has 0 saturated carbocycles. The van der Waals surface area contributed by atoms with Crippen molar-refractivity contribution >= 4 is 51.7 Å². The fourth-order valence-corrected chi connectivity index (χ4v) is 3.49. The fraction of sp³-hybridized carbons (Fsp3) is 0.300. The van der Waals surface area contributed by atoms with E-state index in [-0.39, 0.29) is 19.1 Å². The predicted molar refractivity (Wildman–Crippen MR) is 124 cm³/mol. The summed E-state index contributed by atoms with van der Waals surface area (Å²) < 4.78 is 8.21. The summed E-state index contributed by atoms with van der Waals surface area (Å²) in [7, 11) is 0. The molecule has 10 nitrogen and oxygen atoms in total. The number of anilines is 2. The van der Waals surface area contributed by atoms with Gasteiger partial charge in [-0.2, -0.15) is 0 Å². The number of aryl methyl sites for hydroxylation is 1. The molecule has 0 spiro atoms. The molecule has 11 heteroatoms. The van der Waals surface area contributed by atoms with Crippen LogP contribution in [0.5, 0.6) is 0 Å². The van der Waals surface area contributed by atoms with Crippen LogP contribution in [0.25, 0.3) is 5.65 Å². The molecule has 164 valence electrons. The van der Waals surface area contributed by atoms with Crippen LogP contribution in [0.2, 0.25) is 0 Å². The lowest BCUT2D eigenvalue weighted by molar-refractivity contribution is 0.0916. The Morgan fingerprint density at radius 3 is 2.71 bits per heavy atom. The maximum absolute atomic E-state index is 12.5. The van der Waals surface area contributed by atoms with Gasteiger partial charge < -0.3 is 25.8 Å². The van der Waals surface area contributed by atoms with Crippen molar-refractivity contribution in [1.82, 2.24) is 25.0 Å². The van der Waals surface area contributed by atoms with Crippen molar-refractivity contribution in [2.75, 3.05) is 31.6 Å². The monoisotopic (exact) mass is 538 g/mol. The van der Waals surface area contributed by atoms with Gasteiger partial charge in [0.25, 0.3) is 5.91 Å². The smallest absolute Gasteiger partial charge is 0.404 e. The van der Waals surface area contributed by atoms with Gasteiger partial charge in [0.2, 0.25) is 0 Å². The molecule has 31 heavy (non-hydrogen) atoms. The summed E-state index contributed by atoms with van der Waals surface area (Å²) in [4.78, 5) is 31.7. The average molecular weight is 538 g/mol. The van der Waals surface area contributed by atoms with Gasteiger partial charge in [-0.25, -0.2) is 14.8 Å². The van der Waals surface area contributed by atoms with Crippen molar-refractivity contribution in [1.29, 1.82) is 0 Å². The molecule has 2 heterocycles. The Labute approximate surface area is 192 Å². The molecule has 4 N–H and O–H groups in total. The number of hydrogen-bond acceptors (Lipinski definition) is 6. The zero-order valence-electron chi connectivity index (χ0n) is 16.9. The summed E-state index contributed by atoms with van der Waals surface area (Å²) in [6, 6.07) is 5.55. The highest BCUT2D eigenvalue weighted by molar-refractivity contribution is 14.1. The number of imidazole rings is 1. The van der Waals surface area contributed by atoms with E-state index in [1.165, 1.54) is 0 Å². The first-order valence-corrected chi connectivity index (χ1v) is 10.8. The fourth-order valence-electron chi connectivity index (χ4n) is 2.96. The number of carbonyl (C=O) groups is 2. The van der Waals surface area contributed by atoms with Gasteiger partial charge in [-0.1, -0.05) is 6.92 Å². The first-order valence-electron chi connectivity index (χ1n) is 9.70. The number of carboxylic acid groups (broad SMARTS) is 1. The van der Waals surface area contributed by atoms with Crippen molar-refractivity contribution in [3.63, 3.8) is 0 Å². The predicted octanol–water partition coefficient (Wildman–Crippen LogP) is 2.65. The van der Waals surface area contributed by atoms with Crippen molar-refractivity contribution in [2.45, 2.75) is 13.3 Å². The van der Waals surface area contributed by atoms with E-state index in [2.05, 4.69) is 48.5 Å². The number of halogens is 1. The maximum Gasteiger partial charge on any atom is 0.404 e. The number of aromatic nitrogens is 3. The van der Waals surface area contributed by atoms with E-state index in [0.717, 1.165) is 20.6 Å². The molecule has 2 amide bonds. The second-order valence-corrected chi connectivity index (χ2v) is 7.61. The third kappa shape index (κ3) is 6.04. The topological polar surface area (TPSA) is 130 Å².